The molecule has 0 aliphatic rings. The van der Waals surface area contributed by atoms with Crippen LogP contribution in [0.3, 0.4) is 0 Å². The van der Waals surface area contributed by atoms with Gasteiger partial charge in [0.15, 0.2) is 0 Å². The van der Waals surface area contributed by atoms with Gasteiger partial charge in [-0.2, -0.15) is 0 Å². The van der Waals surface area contributed by atoms with E-state index < -0.39 is 11.9 Å². The smallest absolute Gasteiger partial charge is 0.317 e. The third-order valence-electron chi connectivity index (χ3n) is 3.88. The number of carbonyl (C=O) groups excluding carboxylic acids is 2. The summed E-state index contributed by atoms with van der Waals surface area (Å²) >= 11 is 1.22. The summed E-state index contributed by atoms with van der Waals surface area (Å²) in [5.41, 5.74) is 12.8. The summed E-state index contributed by atoms with van der Waals surface area (Å²) in [6.07, 6.45) is 0.778. The van der Waals surface area contributed by atoms with E-state index in [4.69, 9.17) is 16.2 Å². The van der Waals surface area contributed by atoms with Crippen LogP contribution in [-0.2, 0) is 6.42 Å². The number of rotatable bonds is 7. The number of hydrogen-bond donors (Lipinski definition) is 3. The Morgan fingerprint density at radius 3 is 2.41 bits per heavy atom. The van der Waals surface area contributed by atoms with E-state index in [1.165, 1.54) is 16.9 Å². The number of urea groups is 1. The van der Waals surface area contributed by atoms with Crippen LogP contribution in [0, 0.1) is 0 Å². The zero-order valence-corrected chi connectivity index (χ0v) is 15.3. The van der Waals surface area contributed by atoms with Crippen LogP contribution < -0.4 is 21.5 Å². The Morgan fingerprint density at radius 2 is 1.70 bits per heavy atom. The number of benzene rings is 2. The summed E-state index contributed by atoms with van der Waals surface area (Å²) in [6, 6.07) is 18.5. The van der Waals surface area contributed by atoms with Gasteiger partial charge >= 0.3 is 6.03 Å². The highest BCUT2D eigenvalue weighted by molar-refractivity contribution is 7.20. The van der Waals surface area contributed by atoms with E-state index in [0.717, 1.165) is 16.9 Å². The molecule has 1 heterocycles. The molecule has 3 rings (SSSR count). The minimum atomic E-state index is -0.752. The molecule has 6 nitrogen and oxygen atoms in total. The van der Waals surface area contributed by atoms with Gasteiger partial charge in [-0.05, 0) is 23.8 Å². The lowest BCUT2D eigenvalue weighted by Gasteiger charge is -2.10. The highest BCUT2D eigenvalue weighted by Crippen LogP contribution is 2.39. The zero-order valence-electron chi connectivity index (χ0n) is 14.5. The van der Waals surface area contributed by atoms with Crippen molar-refractivity contribution in [2.45, 2.75) is 6.42 Å². The lowest BCUT2D eigenvalue weighted by atomic mass is 10.1. The van der Waals surface area contributed by atoms with Gasteiger partial charge in [-0.1, -0.05) is 42.5 Å². The maximum Gasteiger partial charge on any atom is 0.317 e. The van der Waals surface area contributed by atoms with Crippen LogP contribution in [0.25, 0.3) is 10.4 Å². The first-order valence-corrected chi connectivity index (χ1v) is 9.12. The van der Waals surface area contributed by atoms with Crippen molar-refractivity contribution >= 4 is 28.3 Å². The lowest BCUT2D eigenvalue weighted by molar-refractivity contribution is 0.100. The van der Waals surface area contributed by atoms with Gasteiger partial charge < -0.3 is 16.2 Å². The fourth-order valence-electron chi connectivity index (χ4n) is 2.63. The van der Waals surface area contributed by atoms with Crippen molar-refractivity contribution in [1.29, 1.82) is 0 Å². The molecule has 0 aliphatic heterocycles. The summed E-state index contributed by atoms with van der Waals surface area (Å²) in [5, 5.41) is 2.77. The summed E-state index contributed by atoms with van der Waals surface area (Å²) < 4.78 is 5.96. The molecule has 0 bridgehead atoms. The Morgan fingerprint density at radius 1 is 1.00 bits per heavy atom. The van der Waals surface area contributed by atoms with Gasteiger partial charge in [-0.15, -0.1) is 11.3 Å². The third-order valence-corrected chi connectivity index (χ3v) is 4.96. The second-order valence-corrected chi connectivity index (χ2v) is 6.84. The Balaban J connectivity index is 1.83. The number of nitrogens with one attached hydrogen (secondary N) is 1. The number of para-hydroxylation sites is 1. The average Bonchev–Trinajstić information content (AvgIpc) is 3.06. The molecule has 0 saturated carbocycles. The molecule has 0 saturated heterocycles. The minimum absolute atomic E-state index is 0.216. The van der Waals surface area contributed by atoms with Gasteiger partial charge in [-0.25, -0.2) is 4.79 Å². The van der Waals surface area contributed by atoms with Crippen molar-refractivity contribution in [3.63, 3.8) is 0 Å². The van der Waals surface area contributed by atoms with E-state index in [1.54, 1.807) is 6.07 Å². The van der Waals surface area contributed by atoms with Crippen LogP contribution in [0.2, 0.25) is 0 Å². The van der Waals surface area contributed by atoms with Gasteiger partial charge in [0.2, 0.25) is 0 Å². The molecule has 27 heavy (non-hydrogen) atoms. The first-order chi connectivity index (χ1) is 13.0. The van der Waals surface area contributed by atoms with Gasteiger partial charge in [0, 0.05) is 16.9 Å². The average molecular weight is 381 g/mol. The molecule has 138 valence electrons. The van der Waals surface area contributed by atoms with Crippen LogP contribution >= 0.6 is 11.3 Å². The highest BCUT2D eigenvalue weighted by atomic mass is 32.1. The maximum atomic E-state index is 11.7. The van der Waals surface area contributed by atoms with Crippen LogP contribution in [0.1, 0.15) is 15.9 Å². The molecular weight excluding hydrogens is 362 g/mol. The minimum Gasteiger partial charge on any atom is -0.493 e. The number of anilines is 1. The second-order valence-electron chi connectivity index (χ2n) is 5.79. The maximum absolute atomic E-state index is 11.7. The zero-order chi connectivity index (χ0) is 19.2. The molecule has 0 radical (unpaired) electrons. The van der Waals surface area contributed by atoms with E-state index in [9.17, 15) is 9.59 Å². The number of ether oxygens (including phenoxy) is 1. The van der Waals surface area contributed by atoms with Gasteiger partial charge in [0.25, 0.3) is 5.91 Å². The predicted molar refractivity (Wildman–Crippen MR) is 107 cm³/mol. The SMILES string of the molecule is NC(=O)Nc1sc(-c2ccccc2OCCc2ccccc2)cc1C(N)=O. The van der Waals surface area contributed by atoms with Gasteiger partial charge in [-0.3, -0.25) is 10.1 Å². The molecule has 1 aromatic heterocycles. The van der Waals surface area contributed by atoms with Crippen LogP contribution in [-0.4, -0.2) is 18.5 Å². The van der Waals surface area contributed by atoms with E-state index in [-0.39, 0.29) is 5.56 Å². The Bertz CT molecular complexity index is 954. The molecule has 3 amide bonds. The van der Waals surface area contributed by atoms with Crippen molar-refractivity contribution in [3.8, 4) is 16.2 Å². The Labute approximate surface area is 160 Å². The second kappa shape index (κ2) is 8.37. The fraction of sp³-hybridized carbons (Fsp3) is 0.100. The molecule has 7 heteroatoms. The van der Waals surface area contributed by atoms with Crippen LogP contribution in [0.5, 0.6) is 5.75 Å². The Hall–Kier alpha value is -3.32. The van der Waals surface area contributed by atoms with E-state index in [0.29, 0.717) is 17.4 Å². The van der Waals surface area contributed by atoms with E-state index in [1.807, 2.05) is 42.5 Å². The summed E-state index contributed by atoms with van der Waals surface area (Å²) in [5.74, 6) is 0.0556. The standard InChI is InChI=1S/C20H19N3O3S/c21-18(24)15-12-17(27-19(15)23-20(22)25)14-8-4-5-9-16(14)26-11-10-13-6-2-1-3-7-13/h1-9,12H,10-11H2,(H2,21,24)(H3,22,23,25). The molecule has 2 aromatic carbocycles. The Kier molecular flexibility index (Phi) is 5.73. The number of hydrogen-bond acceptors (Lipinski definition) is 4. The molecule has 3 aromatic rings. The predicted octanol–water partition coefficient (Wildman–Crippen LogP) is 3.63. The summed E-state index contributed by atoms with van der Waals surface area (Å²) in [4.78, 5) is 23.6. The highest BCUT2D eigenvalue weighted by Gasteiger charge is 2.18. The lowest BCUT2D eigenvalue weighted by Crippen LogP contribution is -2.21. The van der Waals surface area contributed by atoms with Crippen molar-refractivity contribution < 1.29 is 14.3 Å². The van der Waals surface area contributed by atoms with Crippen molar-refractivity contribution in [2.75, 3.05) is 11.9 Å². The number of primary amides is 2. The van der Waals surface area contributed by atoms with E-state index >= 15 is 0 Å². The topological polar surface area (TPSA) is 107 Å². The van der Waals surface area contributed by atoms with E-state index in [2.05, 4.69) is 17.4 Å². The molecule has 0 spiro atoms. The van der Waals surface area contributed by atoms with Crippen LogP contribution in [0.4, 0.5) is 9.80 Å². The normalized spacial score (nSPS) is 10.4. The van der Waals surface area contributed by atoms with Crippen LogP contribution in [0.15, 0.2) is 60.7 Å². The summed E-state index contributed by atoms with van der Waals surface area (Å²) in [7, 11) is 0. The van der Waals surface area contributed by atoms with Gasteiger partial charge in [0.05, 0.1) is 12.2 Å². The largest absolute Gasteiger partial charge is 0.493 e. The number of amides is 3. The number of thiophene rings is 1. The first-order valence-electron chi connectivity index (χ1n) is 8.31. The van der Waals surface area contributed by atoms with Gasteiger partial charge in [0.1, 0.15) is 10.8 Å². The first kappa shape index (κ1) is 18.5. The molecule has 0 atom stereocenters. The quantitative estimate of drug-likeness (QED) is 0.581. The third kappa shape index (κ3) is 4.65. The number of carbonyl (C=O) groups is 2. The van der Waals surface area contributed by atoms with Crippen molar-refractivity contribution in [1.82, 2.24) is 0 Å². The van der Waals surface area contributed by atoms with Crippen molar-refractivity contribution in [2.24, 2.45) is 11.5 Å². The fourth-order valence-corrected chi connectivity index (χ4v) is 3.73. The molecule has 0 fully saturated rings. The van der Waals surface area contributed by atoms with Crippen molar-refractivity contribution in [3.05, 3.63) is 71.8 Å². The monoisotopic (exact) mass is 381 g/mol. The molecular formula is C20H19N3O3S. The molecule has 5 N–H and O–H groups in total. The summed E-state index contributed by atoms with van der Waals surface area (Å²) in [6.45, 7) is 0.515. The number of nitrogens with two attached hydrogens (primary N) is 2. The molecule has 0 unspecified atom stereocenters. The molecule has 0 aliphatic carbocycles.